The molecule has 0 radical (unpaired) electrons. The number of amides is 1. The zero-order chi connectivity index (χ0) is 16.0. The Hall–Kier alpha value is -2.00. The Bertz CT molecular complexity index is 612. The standard InChI is InChI=1S/C12H17N3O5S/c1-3-8-13-12(16)9(2)14-21(19,20)11-6-4-10(5-7-11)15(17)18/h4-7,9,14H,3,8H2,1-2H3,(H,13,16)/t9-/m0/s1. The summed E-state index contributed by atoms with van der Waals surface area (Å²) in [7, 11) is -3.91. The second-order valence-corrected chi connectivity index (χ2v) is 6.10. The van der Waals surface area contributed by atoms with E-state index < -0.39 is 26.9 Å². The third-order valence-electron chi connectivity index (χ3n) is 2.63. The molecule has 0 bridgehead atoms. The van der Waals surface area contributed by atoms with Crippen LogP contribution in [-0.2, 0) is 14.8 Å². The summed E-state index contributed by atoms with van der Waals surface area (Å²) in [5.74, 6) is -0.428. The quantitative estimate of drug-likeness (QED) is 0.569. The molecule has 21 heavy (non-hydrogen) atoms. The molecule has 116 valence electrons. The van der Waals surface area contributed by atoms with E-state index in [4.69, 9.17) is 0 Å². The van der Waals surface area contributed by atoms with Gasteiger partial charge in [0.2, 0.25) is 15.9 Å². The van der Waals surface area contributed by atoms with Crippen molar-refractivity contribution in [2.45, 2.75) is 31.2 Å². The highest BCUT2D eigenvalue weighted by atomic mass is 32.2. The number of hydrogen-bond donors (Lipinski definition) is 2. The zero-order valence-corrected chi connectivity index (χ0v) is 12.5. The van der Waals surface area contributed by atoms with Gasteiger partial charge in [-0.2, -0.15) is 4.72 Å². The number of non-ortho nitro benzene ring substituents is 1. The van der Waals surface area contributed by atoms with Crippen LogP contribution in [-0.4, -0.2) is 31.8 Å². The first kappa shape index (κ1) is 17.1. The average molecular weight is 315 g/mol. The Balaban J connectivity index is 2.81. The maximum atomic E-state index is 12.0. The highest BCUT2D eigenvalue weighted by molar-refractivity contribution is 7.89. The maximum absolute atomic E-state index is 12.0. The molecule has 1 amide bonds. The van der Waals surface area contributed by atoms with E-state index in [1.54, 1.807) is 0 Å². The monoisotopic (exact) mass is 315 g/mol. The summed E-state index contributed by atoms with van der Waals surface area (Å²) in [5, 5.41) is 13.1. The second-order valence-electron chi connectivity index (χ2n) is 4.39. The van der Waals surface area contributed by atoms with E-state index in [0.717, 1.165) is 30.7 Å². The molecule has 0 heterocycles. The van der Waals surface area contributed by atoms with Crippen molar-refractivity contribution >= 4 is 21.6 Å². The van der Waals surface area contributed by atoms with Crippen LogP contribution in [0.4, 0.5) is 5.69 Å². The zero-order valence-electron chi connectivity index (χ0n) is 11.7. The number of benzene rings is 1. The summed E-state index contributed by atoms with van der Waals surface area (Å²) in [6.45, 7) is 3.77. The molecule has 1 rings (SSSR count). The molecule has 1 aromatic rings. The topological polar surface area (TPSA) is 118 Å². The van der Waals surface area contributed by atoms with E-state index in [1.165, 1.54) is 6.92 Å². The van der Waals surface area contributed by atoms with Gasteiger partial charge in [0.1, 0.15) is 0 Å². The van der Waals surface area contributed by atoms with Gasteiger partial charge in [-0.25, -0.2) is 8.42 Å². The van der Waals surface area contributed by atoms with Crippen LogP contribution in [0, 0.1) is 10.1 Å². The van der Waals surface area contributed by atoms with E-state index in [-0.39, 0.29) is 10.6 Å². The number of nitro benzene ring substituents is 1. The van der Waals surface area contributed by atoms with Gasteiger partial charge in [-0.1, -0.05) is 6.92 Å². The molecule has 0 spiro atoms. The Morgan fingerprint density at radius 2 is 1.90 bits per heavy atom. The Morgan fingerprint density at radius 3 is 2.38 bits per heavy atom. The summed E-state index contributed by atoms with van der Waals surface area (Å²) in [6.07, 6.45) is 0.744. The molecule has 8 nitrogen and oxygen atoms in total. The van der Waals surface area contributed by atoms with Gasteiger partial charge in [-0.3, -0.25) is 14.9 Å². The van der Waals surface area contributed by atoms with Crippen molar-refractivity contribution in [3.63, 3.8) is 0 Å². The van der Waals surface area contributed by atoms with Crippen molar-refractivity contribution < 1.29 is 18.1 Å². The van der Waals surface area contributed by atoms with Crippen molar-refractivity contribution in [2.75, 3.05) is 6.54 Å². The van der Waals surface area contributed by atoms with Gasteiger partial charge < -0.3 is 5.32 Å². The minimum Gasteiger partial charge on any atom is -0.355 e. The van der Waals surface area contributed by atoms with Crippen LogP contribution in [0.5, 0.6) is 0 Å². The lowest BCUT2D eigenvalue weighted by Gasteiger charge is -2.14. The van der Waals surface area contributed by atoms with Crippen LogP contribution in [0.15, 0.2) is 29.2 Å². The van der Waals surface area contributed by atoms with Gasteiger partial charge in [0.15, 0.2) is 0 Å². The molecule has 1 aromatic carbocycles. The Labute approximate surface area is 122 Å². The highest BCUT2D eigenvalue weighted by Gasteiger charge is 2.22. The van der Waals surface area contributed by atoms with E-state index in [9.17, 15) is 23.3 Å². The first-order valence-corrected chi connectivity index (χ1v) is 7.80. The van der Waals surface area contributed by atoms with Crippen molar-refractivity contribution in [3.8, 4) is 0 Å². The van der Waals surface area contributed by atoms with Crippen LogP contribution in [0.2, 0.25) is 0 Å². The first-order valence-electron chi connectivity index (χ1n) is 6.32. The van der Waals surface area contributed by atoms with Crippen LogP contribution in [0.3, 0.4) is 0 Å². The number of sulfonamides is 1. The fourth-order valence-electron chi connectivity index (χ4n) is 1.50. The third-order valence-corrected chi connectivity index (χ3v) is 4.19. The SMILES string of the molecule is CCCNC(=O)[C@H](C)NS(=O)(=O)c1ccc([N+](=O)[O-])cc1. The molecular weight excluding hydrogens is 298 g/mol. The van der Waals surface area contributed by atoms with Gasteiger partial charge in [-0.15, -0.1) is 0 Å². The lowest BCUT2D eigenvalue weighted by Crippen LogP contribution is -2.44. The van der Waals surface area contributed by atoms with Crippen molar-refractivity contribution in [2.24, 2.45) is 0 Å². The van der Waals surface area contributed by atoms with Gasteiger partial charge in [0.05, 0.1) is 15.9 Å². The van der Waals surface area contributed by atoms with E-state index >= 15 is 0 Å². The molecular formula is C12H17N3O5S. The summed E-state index contributed by atoms with van der Waals surface area (Å²) < 4.78 is 26.3. The number of nitrogens with zero attached hydrogens (tertiary/aromatic N) is 1. The number of carbonyl (C=O) groups excluding carboxylic acids is 1. The van der Waals surface area contributed by atoms with E-state index in [2.05, 4.69) is 10.0 Å². The van der Waals surface area contributed by atoms with Crippen molar-refractivity contribution in [3.05, 3.63) is 34.4 Å². The summed E-state index contributed by atoms with van der Waals surface area (Å²) >= 11 is 0. The molecule has 0 aliphatic rings. The fraction of sp³-hybridized carbons (Fsp3) is 0.417. The fourth-order valence-corrected chi connectivity index (χ4v) is 2.71. The van der Waals surface area contributed by atoms with Gasteiger partial charge in [0.25, 0.3) is 5.69 Å². The number of hydrogen-bond acceptors (Lipinski definition) is 5. The molecule has 2 N–H and O–H groups in total. The highest BCUT2D eigenvalue weighted by Crippen LogP contribution is 2.15. The smallest absolute Gasteiger partial charge is 0.269 e. The van der Waals surface area contributed by atoms with Gasteiger partial charge in [-0.05, 0) is 25.5 Å². The molecule has 1 atom stereocenters. The van der Waals surface area contributed by atoms with Gasteiger partial charge >= 0.3 is 0 Å². The van der Waals surface area contributed by atoms with Crippen LogP contribution < -0.4 is 10.0 Å². The number of nitro groups is 1. The summed E-state index contributed by atoms with van der Waals surface area (Å²) in [6, 6.07) is 3.50. The molecule has 9 heteroatoms. The lowest BCUT2D eigenvalue weighted by molar-refractivity contribution is -0.384. The summed E-state index contributed by atoms with van der Waals surface area (Å²) in [5.41, 5.74) is -0.206. The molecule has 0 aliphatic heterocycles. The van der Waals surface area contributed by atoms with E-state index in [1.807, 2.05) is 6.92 Å². The van der Waals surface area contributed by atoms with Gasteiger partial charge in [0, 0.05) is 18.7 Å². The minimum absolute atomic E-state index is 0.136. The number of carbonyl (C=O) groups is 1. The van der Waals surface area contributed by atoms with E-state index in [0.29, 0.717) is 6.54 Å². The van der Waals surface area contributed by atoms with Crippen LogP contribution in [0.1, 0.15) is 20.3 Å². The largest absolute Gasteiger partial charge is 0.355 e. The maximum Gasteiger partial charge on any atom is 0.269 e. The number of nitrogens with one attached hydrogen (secondary N) is 2. The number of rotatable bonds is 7. The summed E-state index contributed by atoms with van der Waals surface area (Å²) in [4.78, 5) is 21.4. The normalized spacial score (nSPS) is 12.7. The Morgan fingerprint density at radius 1 is 1.33 bits per heavy atom. The molecule has 0 unspecified atom stereocenters. The first-order chi connectivity index (χ1) is 9.77. The molecule has 0 aromatic heterocycles. The predicted octanol–water partition coefficient (Wildman–Crippen LogP) is 0.788. The molecule has 0 saturated heterocycles. The third kappa shape index (κ3) is 4.80. The van der Waals surface area contributed by atoms with Crippen LogP contribution in [0.25, 0.3) is 0 Å². The van der Waals surface area contributed by atoms with Crippen LogP contribution >= 0.6 is 0 Å². The molecule has 0 aliphatic carbocycles. The minimum atomic E-state index is -3.91. The molecule has 0 saturated carbocycles. The average Bonchev–Trinajstić information content (AvgIpc) is 2.44. The van der Waals surface area contributed by atoms with Crippen molar-refractivity contribution in [1.82, 2.24) is 10.0 Å². The lowest BCUT2D eigenvalue weighted by atomic mass is 10.3. The predicted molar refractivity (Wildman–Crippen MR) is 76.2 cm³/mol. The van der Waals surface area contributed by atoms with Crippen molar-refractivity contribution in [1.29, 1.82) is 0 Å². The molecule has 0 fully saturated rings. The Kier molecular flexibility index (Phi) is 5.79. The second kappa shape index (κ2) is 7.14.